The maximum atomic E-state index is 11.7. The Balaban J connectivity index is 2.46. The van der Waals surface area contributed by atoms with Crippen molar-refractivity contribution >= 4 is 17.7 Å². The molecule has 1 aliphatic rings. The van der Waals surface area contributed by atoms with Crippen molar-refractivity contribution in [3.63, 3.8) is 0 Å². The molecule has 1 rings (SSSR count). The molecule has 96 valence electrons. The number of carbonyl (C=O) groups is 3. The largest absolute Gasteiger partial charge is 0.480 e. The van der Waals surface area contributed by atoms with Crippen LogP contribution in [0.2, 0.25) is 0 Å². The van der Waals surface area contributed by atoms with Crippen LogP contribution in [0.4, 0.5) is 0 Å². The first-order valence-electron chi connectivity index (χ1n) is 5.70. The number of carboxylic acids is 1. The van der Waals surface area contributed by atoms with Crippen molar-refractivity contribution in [3.8, 4) is 0 Å². The number of hydrogen-bond acceptors (Lipinski definition) is 4. The molecule has 1 aliphatic heterocycles. The lowest BCUT2D eigenvalue weighted by Gasteiger charge is -2.31. The van der Waals surface area contributed by atoms with Gasteiger partial charge in [0.15, 0.2) is 0 Å². The number of nitrogens with one attached hydrogen (secondary N) is 1. The van der Waals surface area contributed by atoms with E-state index < -0.39 is 18.1 Å². The van der Waals surface area contributed by atoms with Crippen LogP contribution in [0.3, 0.4) is 0 Å². The summed E-state index contributed by atoms with van der Waals surface area (Å²) in [6.07, 6.45) is 0.929. The minimum atomic E-state index is -1.06. The highest BCUT2D eigenvalue weighted by atomic mass is 16.4. The zero-order chi connectivity index (χ0) is 13.0. The van der Waals surface area contributed by atoms with Gasteiger partial charge in [0.1, 0.15) is 11.8 Å². The molecule has 0 spiro atoms. The highest BCUT2D eigenvalue weighted by molar-refractivity contribution is 5.86. The van der Waals surface area contributed by atoms with E-state index in [0.717, 1.165) is 0 Å². The summed E-state index contributed by atoms with van der Waals surface area (Å²) < 4.78 is 0. The lowest BCUT2D eigenvalue weighted by atomic mass is 10.1. The van der Waals surface area contributed by atoms with Gasteiger partial charge in [0.05, 0.1) is 6.04 Å². The van der Waals surface area contributed by atoms with Crippen LogP contribution in [-0.4, -0.2) is 52.8 Å². The molecular formula is C11H18N2O4. The van der Waals surface area contributed by atoms with E-state index in [1.165, 1.54) is 6.92 Å². The second kappa shape index (κ2) is 5.77. The Hall–Kier alpha value is -1.43. The average molecular weight is 242 g/mol. The van der Waals surface area contributed by atoms with Crippen LogP contribution < -0.4 is 5.32 Å². The van der Waals surface area contributed by atoms with Gasteiger partial charge in [-0.05, 0) is 13.8 Å². The third kappa shape index (κ3) is 3.81. The minimum absolute atomic E-state index is 0.216. The van der Waals surface area contributed by atoms with Crippen LogP contribution in [0.15, 0.2) is 0 Å². The summed E-state index contributed by atoms with van der Waals surface area (Å²) in [5, 5.41) is 11.1. The minimum Gasteiger partial charge on any atom is -0.480 e. The third-order valence-electron chi connectivity index (χ3n) is 3.01. The standard InChI is InChI=1S/C11H18N2O4/c1-7(11(16)17)12-10(15)8(2)13-5-3-9(14)4-6-13/h7-8H,3-6H2,1-2H3,(H,12,15)(H,16,17). The Morgan fingerprint density at radius 1 is 1.29 bits per heavy atom. The van der Waals surface area contributed by atoms with E-state index in [1.807, 2.05) is 4.90 Å². The summed E-state index contributed by atoms with van der Waals surface area (Å²) >= 11 is 0. The molecule has 1 saturated heterocycles. The van der Waals surface area contributed by atoms with Gasteiger partial charge in [-0.25, -0.2) is 0 Å². The molecule has 2 atom stereocenters. The van der Waals surface area contributed by atoms with Gasteiger partial charge in [0.25, 0.3) is 0 Å². The topological polar surface area (TPSA) is 86.7 Å². The zero-order valence-electron chi connectivity index (χ0n) is 10.1. The van der Waals surface area contributed by atoms with E-state index >= 15 is 0 Å². The molecule has 0 bridgehead atoms. The van der Waals surface area contributed by atoms with Gasteiger partial charge in [0, 0.05) is 25.9 Å². The number of ketones is 1. The number of carboxylic acid groups (broad SMARTS) is 1. The molecule has 6 heteroatoms. The quantitative estimate of drug-likeness (QED) is 0.702. The first-order chi connectivity index (χ1) is 7.91. The number of likely N-dealkylation sites (tertiary alicyclic amines) is 1. The van der Waals surface area contributed by atoms with Crippen LogP contribution >= 0.6 is 0 Å². The van der Waals surface area contributed by atoms with Gasteiger partial charge < -0.3 is 10.4 Å². The van der Waals surface area contributed by atoms with Gasteiger partial charge in [-0.15, -0.1) is 0 Å². The average Bonchev–Trinajstić information content (AvgIpc) is 2.28. The Labute approximate surface area is 100.0 Å². The number of carbonyl (C=O) groups excluding carboxylic acids is 2. The van der Waals surface area contributed by atoms with E-state index in [9.17, 15) is 14.4 Å². The summed E-state index contributed by atoms with van der Waals surface area (Å²) in [5.41, 5.74) is 0. The van der Waals surface area contributed by atoms with E-state index in [2.05, 4.69) is 5.32 Å². The first kappa shape index (κ1) is 13.6. The highest BCUT2D eigenvalue weighted by Crippen LogP contribution is 2.09. The van der Waals surface area contributed by atoms with Gasteiger partial charge >= 0.3 is 5.97 Å². The number of hydrogen-bond donors (Lipinski definition) is 2. The molecule has 0 aromatic carbocycles. The summed E-state index contributed by atoms with van der Waals surface area (Å²) in [5.74, 6) is -1.15. The Morgan fingerprint density at radius 3 is 2.29 bits per heavy atom. The summed E-state index contributed by atoms with van der Waals surface area (Å²) in [6.45, 7) is 4.27. The van der Waals surface area contributed by atoms with Gasteiger partial charge in [-0.3, -0.25) is 19.3 Å². The molecule has 1 fully saturated rings. The number of piperidine rings is 1. The van der Waals surface area contributed by atoms with Crippen LogP contribution in [0.1, 0.15) is 26.7 Å². The Kier molecular flexibility index (Phi) is 4.62. The second-order valence-electron chi connectivity index (χ2n) is 4.32. The normalized spacial score (nSPS) is 20.7. The lowest BCUT2D eigenvalue weighted by Crippen LogP contribution is -2.51. The van der Waals surface area contributed by atoms with Crippen molar-refractivity contribution in [2.45, 2.75) is 38.8 Å². The molecule has 0 saturated carbocycles. The molecule has 0 aromatic heterocycles. The number of Topliss-reactive ketones (excluding diaryl/α,β-unsaturated/α-hetero) is 1. The number of nitrogens with zero attached hydrogens (tertiary/aromatic N) is 1. The fourth-order valence-corrected chi connectivity index (χ4v) is 1.72. The zero-order valence-corrected chi connectivity index (χ0v) is 10.1. The summed E-state index contributed by atoms with van der Waals surface area (Å²) in [6, 6.07) is -1.29. The maximum Gasteiger partial charge on any atom is 0.325 e. The van der Waals surface area contributed by atoms with Gasteiger partial charge in [-0.2, -0.15) is 0 Å². The molecule has 2 N–H and O–H groups in total. The molecule has 6 nitrogen and oxygen atoms in total. The third-order valence-corrected chi connectivity index (χ3v) is 3.01. The Bertz CT molecular complexity index is 319. The summed E-state index contributed by atoms with van der Waals surface area (Å²) in [4.78, 5) is 35.3. The molecule has 2 unspecified atom stereocenters. The molecule has 17 heavy (non-hydrogen) atoms. The molecular weight excluding hydrogens is 224 g/mol. The predicted molar refractivity (Wildman–Crippen MR) is 60.5 cm³/mol. The number of amides is 1. The lowest BCUT2D eigenvalue weighted by molar-refractivity contribution is -0.142. The van der Waals surface area contributed by atoms with Crippen LogP contribution in [0.25, 0.3) is 0 Å². The van der Waals surface area contributed by atoms with Crippen molar-refractivity contribution in [2.24, 2.45) is 0 Å². The van der Waals surface area contributed by atoms with Crippen LogP contribution in [0, 0.1) is 0 Å². The Morgan fingerprint density at radius 2 is 1.82 bits per heavy atom. The fraction of sp³-hybridized carbons (Fsp3) is 0.727. The molecule has 0 aliphatic carbocycles. The molecule has 1 heterocycles. The molecule has 0 radical (unpaired) electrons. The van der Waals surface area contributed by atoms with Crippen molar-refractivity contribution in [1.29, 1.82) is 0 Å². The maximum absolute atomic E-state index is 11.7. The van der Waals surface area contributed by atoms with Gasteiger partial charge in [-0.1, -0.05) is 0 Å². The van der Waals surface area contributed by atoms with Crippen molar-refractivity contribution in [1.82, 2.24) is 10.2 Å². The smallest absolute Gasteiger partial charge is 0.325 e. The van der Waals surface area contributed by atoms with Gasteiger partial charge in [0.2, 0.25) is 5.91 Å². The highest BCUT2D eigenvalue weighted by Gasteiger charge is 2.27. The van der Waals surface area contributed by atoms with E-state index in [0.29, 0.717) is 25.9 Å². The van der Waals surface area contributed by atoms with Crippen molar-refractivity contribution in [3.05, 3.63) is 0 Å². The predicted octanol–water partition coefficient (Wildman–Crippen LogP) is -0.371. The van der Waals surface area contributed by atoms with Crippen LogP contribution in [-0.2, 0) is 14.4 Å². The van der Waals surface area contributed by atoms with Crippen molar-refractivity contribution in [2.75, 3.05) is 13.1 Å². The van der Waals surface area contributed by atoms with Crippen molar-refractivity contribution < 1.29 is 19.5 Å². The number of rotatable bonds is 4. The van der Waals surface area contributed by atoms with E-state index in [1.54, 1.807) is 6.92 Å². The summed E-state index contributed by atoms with van der Waals surface area (Å²) in [7, 11) is 0. The molecule has 0 aromatic rings. The first-order valence-corrected chi connectivity index (χ1v) is 5.70. The SMILES string of the molecule is CC(NC(=O)C(C)N1CCC(=O)CC1)C(=O)O. The van der Waals surface area contributed by atoms with Crippen LogP contribution in [0.5, 0.6) is 0 Å². The number of aliphatic carboxylic acids is 1. The second-order valence-corrected chi connectivity index (χ2v) is 4.32. The monoisotopic (exact) mass is 242 g/mol. The molecule has 1 amide bonds. The fourth-order valence-electron chi connectivity index (χ4n) is 1.72. The van der Waals surface area contributed by atoms with E-state index in [4.69, 9.17) is 5.11 Å². The van der Waals surface area contributed by atoms with E-state index in [-0.39, 0.29) is 11.7 Å².